The van der Waals surface area contributed by atoms with Gasteiger partial charge in [0.15, 0.2) is 0 Å². The smallest absolute Gasteiger partial charge is 0.0158 e. The molecule has 0 radical (unpaired) electrons. The zero-order valence-corrected chi connectivity index (χ0v) is 11.5. The van der Waals surface area contributed by atoms with E-state index in [1.54, 1.807) is 0 Å². The first-order chi connectivity index (χ1) is 7.88. The van der Waals surface area contributed by atoms with E-state index in [1.165, 1.54) is 57.1 Å². The van der Waals surface area contributed by atoms with E-state index in [0.717, 1.165) is 23.8 Å². The molecule has 16 heavy (non-hydrogen) atoms. The molecule has 1 atom stereocenters. The van der Waals surface area contributed by atoms with Crippen LogP contribution in [0, 0.1) is 5.92 Å². The Kier molecular flexibility index (Phi) is 5.51. The maximum absolute atomic E-state index is 3.67. The summed E-state index contributed by atoms with van der Waals surface area (Å²) in [7, 11) is 0. The van der Waals surface area contributed by atoms with Gasteiger partial charge in [0.1, 0.15) is 0 Å². The lowest BCUT2D eigenvalue weighted by atomic mass is 10.1. The Morgan fingerprint density at radius 1 is 1.19 bits per heavy atom. The largest absolute Gasteiger partial charge is 0.313 e. The highest BCUT2D eigenvalue weighted by molar-refractivity contribution is 7.99. The Morgan fingerprint density at radius 3 is 2.56 bits per heavy atom. The van der Waals surface area contributed by atoms with Gasteiger partial charge in [-0.1, -0.05) is 32.6 Å². The molecule has 1 unspecified atom stereocenters. The van der Waals surface area contributed by atoms with E-state index in [0.29, 0.717) is 0 Å². The Hall–Kier alpha value is 0.310. The molecule has 94 valence electrons. The van der Waals surface area contributed by atoms with Crippen LogP contribution in [-0.2, 0) is 0 Å². The fourth-order valence-electron chi connectivity index (χ4n) is 2.68. The van der Waals surface area contributed by atoms with Crippen LogP contribution in [0.25, 0.3) is 0 Å². The Bertz CT molecular complexity index is 185. The van der Waals surface area contributed by atoms with Gasteiger partial charge in [-0.25, -0.2) is 0 Å². The molecule has 2 aliphatic carbocycles. The number of nitrogens with one attached hydrogen (secondary N) is 1. The van der Waals surface area contributed by atoms with Gasteiger partial charge >= 0.3 is 0 Å². The van der Waals surface area contributed by atoms with Crippen molar-refractivity contribution in [3.8, 4) is 0 Å². The van der Waals surface area contributed by atoms with Crippen LogP contribution < -0.4 is 5.32 Å². The minimum absolute atomic E-state index is 0.788. The van der Waals surface area contributed by atoms with E-state index in [4.69, 9.17) is 0 Å². The van der Waals surface area contributed by atoms with Gasteiger partial charge < -0.3 is 5.32 Å². The fraction of sp³-hybridized carbons (Fsp3) is 1.00. The van der Waals surface area contributed by atoms with Gasteiger partial charge in [-0.15, -0.1) is 0 Å². The van der Waals surface area contributed by atoms with Crippen LogP contribution in [0.5, 0.6) is 0 Å². The molecule has 0 aliphatic heterocycles. The van der Waals surface area contributed by atoms with E-state index in [9.17, 15) is 0 Å². The van der Waals surface area contributed by atoms with Crippen molar-refractivity contribution < 1.29 is 0 Å². The van der Waals surface area contributed by atoms with Crippen molar-refractivity contribution in [1.82, 2.24) is 5.32 Å². The summed E-state index contributed by atoms with van der Waals surface area (Å²) in [4.78, 5) is 0. The van der Waals surface area contributed by atoms with Crippen molar-refractivity contribution in [2.75, 3.05) is 12.3 Å². The lowest BCUT2D eigenvalue weighted by molar-refractivity contribution is 0.500. The lowest BCUT2D eigenvalue weighted by Crippen LogP contribution is -2.31. The zero-order chi connectivity index (χ0) is 11.2. The molecule has 0 bridgehead atoms. The summed E-state index contributed by atoms with van der Waals surface area (Å²) in [6, 6.07) is 0.788. The van der Waals surface area contributed by atoms with Crippen LogP contribution in [-0.4, -0.2) is 23.6 Å². The van der Waals surface area contributed by atoms with Gasteiger partial charge in [-0.2, -0.15) is 11.8 Å². The summed E-state index contributed by atoms with van der Waals surface area (Å²) >= 11 is 2.24. The van der Waals surface area contributed by atoms with Crippen molar-refractivity contribution in [3.05, 3.63) is 0 Å². The Morgan fingerprint density at radius 2 is 1.94 bits per heavy atom. The molecule has 0 aromatic heterocycles. The third-order valence-electron chi connectivity index (χ3n) is 3.95. The van der Waals surface area contributed by atoms with Gasteiger partial charge in [0.05, 0.1) is 0 Å². The SMILES string of the molecule is CCNC(CCC1CC1)CSC1CCCC1. The third kappa shape index (κ3) is 4.67. The van der Waals surface area contributed by atoms with Crippen LogP contribution >= 0.6 is 11.8 Å². The molecular formula is C14H27NS. The van der Waals surface area contributed by atoms with Crippen molar-refractivity contribution in [3.63, 3.8) is 0 Å². The van der Waals surface area contributed by atoms with E-state index in [-0.39, 0.29) is 0 Å². The molecule has 0 aromatic rings. The highest BCUT2D eigenvalue weighted by atomic mass is 32.2. The van der Waals surface area contributed by atoms with Crippen LogP contribution in [0.1, 0.15) is 58.3 Å². The second-order valence-electron chi connectivity index (χ2n) is 5.52. The summed E-state index contributed by atoms with van der Waals surface area (Å²) < 4.78 is 0. The van der Waals surface area contributed by atoms with E-state index in [1.807, 2.05) is 0 Å². The molecule has 0 heterocycles. The maximum Gasteiger partial charge on any atom is 0.0158 e. The van der Waals surface area contributed by atoms with E-state index >= 15 is 0 Å². The number of rotatable bonds is 8. The molecule has 0 aromatic carbocycles. The standard InChI is InChI=1S/C14H27NS/c1-2-15-13(10-9-12-7-8-12)11-16-14-5-3-4-6-14/h12-15H,2-11H2,1H3. The number of hydrogen-bond donors (Lipinski definition) is 1. The predicted molar refractivity (Wildman–Crippen MR) is 74.1 cm³/mol. The molecule has 0 saturated heterocycles. The summed E-state index contributed by atoms with van der Waals surface area (Å²) in [5.74, 6) is 2.45. The quantitative estimate of drug-likeness (QED) is 0.693. The van der Waals surface area contributed by atoms with Crippen LogP contribution in [0.3, 0.4) is 0 Å². The molecule has 2 heteroatoms. The minimum atomic E-state index is 0.788. The van der Waals surface area contributed by atoms with Crippen LogP contribution in [0.15, 0.2) is 0 Å². The molecule has 1 nitrogen and oxygen atoms in total. The van der Waals surface area contributed by atoms with Crippen LogP contribution in [0.2, 0.25) is 0 Å². The van der Waals surface area contributed by atoms with Crippen molar-refractivity contribution >= 4 is 11.8 Å². The summed E-state index contributed by atoms with van der Waals surface area (Å²) in [6.45, 7) is 3.38. The molecule has 2 fully saturated rings. The first-order valence-corrected chi connectivity index (χ1v) is 8.28. The van der Waals surface area contributed by atoms with Crippen molar-refractivity contribution in [2.45, 2.75) is 69.6 Å². The highest BCUT2D eigenvalue weighted by Crippen LogP contribution is 2.35. The monoisotopic (exact) mass is 241 g/mol. The molecule has 1 N–H and O–H groups in total. The lowest BCUT2D eigenvalue weighted by Gasteiger charge is -2.19. The molecule has 0 spiro atoms. The topological polar surface area (TPSA) is 12.0 Å². The molecule has 2 saturated carbocycles. The third-order valence-corrected chi connectivity index (χ3v) is 5.49. The highest BCUT2D eigenvalue weighted by Gasteiger charge is 2.23. The average Bonchev–Trinajstić information content (AvgIpc) is 2.97. The molecular weight excluding hydrogens is 214 g/mol. The minimum Gasteiger partial charge on any atom is -0.313 e. The van der Waals surface area contributed by atoms with E-state index < -0.39 is 0 Å². The number of hydrogen-bond acceptors (Lipinski definition) is 2. The normalized spacial score (nSPS) is 23.8. The van der Waals surface area contributed by atoms with Crippen LogP contribution in [0.4, 0.5) is 0 Å². The molecule has 2 aliphatic rings. The van der Waals surface area contributed by atoms with Gasteiger partial charge in [-0.3, -0.25) is 0 Å². The molecule has 2 rings (SSSR count). The van der Waals surface area contributed by atoms with Gasteiger partial charge in [-0.05, 0) is 38.1 Å². The fourth-order valence-corrected chi connectivity index (χ4v) is 4.14. The Balaban J connectivity index is 1.59. The van der Waals surface area contributed by atoms with Crippen molar-refractivity contribution in [1.29, 1.82) is 0 Å². The maximum atomic E-state index is 3.67. The number of thioether (sulfide) groups is 1. The first kappa shape index (κ1) is 12.8. The van der Waals surface area contributed by atoms with E-state index in [2.05, 4.69) is 24.0 Å². The predicted octanol–water partition coefficient (Wildman–Crippen LogP) is 3.83. The first-order valence-electron chi connectivity index (χ1n) is 7.23. The average molecular weight is 241 g/mol. The summed E-state index contributed by atoms with van der Waals surface area (Å²) in [6.07, 6.45) is 11.8. The summed E-state index contributed by atoms with van der Waals surface area (Å²) in [5.41, 5.74) is 0. The van der Waals surface area contributed by atoms with Gasteiger partial charge in [0.25, 0.3) is 0 Å². The summed E-state index contributed by atoms with van der Waals surface area (Å²) in [5, 5.41) is 4.66. The molecule has 0 amide bonds. The van der Waals surface area contributed by atoms with Gasteiger partial charge in [0.2, 0.25) is 0 Å². The zero-order valence-electron chi connectivity index (χ0n) is 10.7. The van der Waals surface area contributed by atoms with Gasteiger partial charge in [0, 0.05) is 17.0 Å². The van der Waals surface area contributed by atoms with Crippen molar-refractivity contribution in [2.24, 2.45) is 5.92 Å². The Labute approximate surface area is 105 Å². The second-order valence-corrected chi connectivity index (χ2v) is 6.85. The second kappa shape index (κ2) is 6.90.